The van der Waals surface area contributed by atoms with Gasteiger partial charge in [-0.2, -0.15) is 0 Å². The molecule has 0 aliphatic rings. The van der Waals surface area contributed by atoms with Crippen molar-refractivity contribution >= 4 is 18.2 Å². The predicted octanol–water partition coefficient (Wildman–Crippen LogP) is -1.94. The third-order valence-electron chi connectivity index (χ3n) is 2.32. The number of carbonyl (C=O) groups is 3. The van der Waals surface area contributed by atoms with Crippen LogP contribution in [0.4, 0.5) is 0 Å². The third kappa shape index (κ3) is 3.89. The summed E-state index contributed by atoms with van der Waals surface area (Å²) in [7, 11) is 0. The number of nitrogens with one attached hydrogen (secondary N) is 3. The standard InChI is InChI=1S/C10H15N5O3/c1-6(14-5-16)10(18)15-7(9(11)17)4-8-12-2-3-13-8/h2-3,5-7H,4H2,1H3,(H2,11,17)(H,12,13)(H,14,16)(H,15,18)/t6-,7-/m1/s1. The fourth-order valence-electron chi connectivity index (χ4n) is 1.30. The maximum atomic E-state index is 11.6. The first-order valence-electron chi connectivity index (χ1n) is 5.32. The van der Waals surface area contributed by atoms with Crippen molar-refractivity contribution in [1.29, 1.82) is 0 Å². The van der Waals surface area contributed by atoms with Gasteiger partial charge in [0, 0.05) is 18.8 Å². The number of H-pyrrole nitrogens is 1. The molecule has 0 unspecified atom stereocenters. The number of primary amides is 1. The SMILES string of the molecule is C[C@@H](NC=O)C(=O)N[C@H](Cc1ncc[nH]1)C(N)=O. The van der Waals surface area contributed by atoms with Crippen molar-refractivity contribution in [3.63, 3.8) is 0 Å². The van der Waals surface area contributed by atoms with Crippen LogP contribution in [-0.2, 0) is 20.8 Å². The number of imidazole rings is 1. The zero-order valence-electron chi connectivity index (χ0n) is 9.84. The predicted molar refractivity (Wildman–Crippen MR) is 62.1 cm³/mol. The molecule has 1 rings (SSSR count). The molecule has 8 nitrogen and oxygen atoms in total. The summed E-state index contributed by atoms with van der Waals surface area (Å²) in [5.74, 6) is -0.620. The summed E-state index contributed by atoms with van der Waals surface area (Å²) in [4.78, 5) is 39.8. The molecule has 98 valence electrons. The van der Waals surface area contributed by atoms with Crippen LogP contribution in [0.1, 0.15) is 12.7 Å². The fourth-order valence-corrected chi connectivity index (χ4v) is 1.30. The highest BCUT2D eigenvalue weighted by atomic mass is 16.2. The summed E-state index contributed by atoms with van der Waals surface area (Å²) in [6.07, 6.45) is 3.72. The molecule has 0 aliphatic heterocycles. The number of hydrogen-bond acceptors (Lipinski definition) is 4. The lowest BCUT2D eigenvalue weighted by Crippen LogP contribution is -2.51. The van der Waals surface area contributed by atoms with Crippen molar-refractivity contribution in [3.05, 3.63) is 18.2 Å². The Hall–Kier alpha value is -2.38. The Kier molecular flexibility index (Phi) is 4.85. The number of rotatable bonds is 7. The molecular formula is C10H15N5O3. The molecule has 1 aromatic heterocycles. The molecule has 2 atom stereocenters. The molecule has 0 fully saturated rings. The quantitative estimate of drug-likeness (QED) is 0.421. The van der Waals surface area contributed by atoms with Gasteiger partial charge in [-0.15, -0.1) is 0 Å². The van der Waals surface area contributed by atoms with Crippen LogP contribution in [0.2, 0.25) is 0 Å². The Bertz CT molecular complexity index is 417. The molecule has 3 amide bonds. The number of aromatic amines is 1. The molecule has 0 spiro atoms. The molecule has 1 aromatic rings. The van der Waals surface area contributed by atoms with Gasteiger partial charge in [0.25, 0.3) is 0 Å². The summed E-state index contributed by atoms with van der Waals surface area (Å²) < 4.78 is 0. The molecule has 5 N–H and O–H groups in total. The summed E-state index contributed by atoms with van der Waals surface area (Å²) in [5, 5.41) is 4.72. The van der Waals surface area contributed by atoms with Crippen molar-refractivity contribution < 1.29 is 14.4 Å². The van der Waals surface area contributed by atoms with Gasteiger partial charge < -0.3 is 21.4 Å². The molecule has 0 aromatic carbocycles. The topological polar surface area (TPSA) is 130 Å². The molecule has 0 saturated heterocycles. The number of nitrogens with zero attached hydrogens (tertiary/aromatic N) is 1. The van der Waals surface area contributed by atoms with Crippen LogP contribution >= 0.6 is 0 Å². The Balaban J connectivity index is 2.60. The van der Waals surface area contributed by atoms with Gasteiger partial charge in [-0.3, -0.25) is 14.4 Å². The zero-order valence-corrected chi connectivity index (χ0v) is 9.84. The van der Waals surface area contributed by atoms with E-state index in [2.05, 4.69) is 20.6 Å². The Labute approximate surface area is 103 Å². The Morgan fingerprint density at radius 3 is 2.83 bits per heavy atom. The van der Waals surface area contributed by atoms with Crippen LogP contribution in [0, 0.1) is 0 Å². The van der Waals surface area contributed by atoms with E-state index in [-0.39, 0.29) is 6.42 Å². The van der Waals surface area contributed by atoms with E-state index < -0.39 is 23.9 Å². The van der Waals surface area contributed by atoms with Gasteiger partial charge in [-0.25, -0.2) is 4.98 Å². The van der Waals surface area contributed by atoms with E-state index in [4.69, 9.17) is 5.73 Å². The Morgan fingerprint density at radius 2 is 2.33 bits per heavy atom. The summed E-state index contributed by atoms with van der Waals surface area (Å²) in [5.41, 5.74) is 5.19. The van der Waals surface area contributed by atoms with E-state index in [0.29, 0.717) is 12.2 Å². The third-order valence-corrected chi connectivity index (χ3v) is 2.32. The maximum absolute atomic E-state index is 11.6. The minimum Gasteiger partial charge on any atom is -0.368 e. The first-order chi connectivity index (χ1) is 8.54. The van der Waals surface area contributed by atoms with Crippen molar-refractivity contribution in [3.8, 4) is 0 Å². The van der Waals surface area contributed by atoms with Crippen molar-refractivity contribution in [2.75, 3.05) is 0 Å². The number of aromatic nitrogens is 2. The number of carbonyl (C=O) groups excluding carboxylic acids is 3. The monoisotopic (exact) mass is 253 g/mol. The minimum absolute atomic E-state index is 0.169. The van der Waals surface area contributed by atoms with E-state index >= 15 is 0 Å². The van der Waals surface area contributed by atoms with Crippen molar-refractivity contribution in [1.82, 2.24) is 20.6 Å². The summed E-state index contributed by atoms with van der Waals surface area (Å²) >= 11 is 0. The van der Waals surface area contributed by atoms with Crippen LogP contribution in [0.5, 0.6) is 0 Å². The van der Waals surface area contributed by atoms with Crippen LogP contribution in [0.3, 0.4) is 0 Å². The molecule has 0 saturated carbocycles. The lowest BCUT2D eigenvalue weighted by atomic mass is 10.1. The van der Waals surface area contributed by atoms with Gasteiger partial charge in [0.1, 0.15) is 17.9 Å². The van der Waals surface area contributed by atoms with Gasteiger partial charge in [0.05, 0.1) is 0 Å². The molecule has 18 heavy (non-hydrogen) atoms. The maximum Gasteiger partial charge on any atom is 0.242 e. The number of amides is 3. The normalized spacial score (nSPS) is 13.4. The van der Waals surface area contributed by atoms with Crippen molar-refractivity contribution in [2.45, 2.75) is 25.4 Å². The second-order valence-corrected chi connectivity index (χ2v) is 3.71. The average molecular weight is 253 g/mol. The Morgan fingerprint density at radius 1 is 1.61 bits per heavy atom. The van der Waals surface area contributed by atoms with Gasteiger partial charge in [-0.1, -0.05) is 0 Å². The number of nitrogens with two attached hydrogens (primary N) is 1. The van der Waals surface area contributed by atoms with Gasteiger partial charge >= 0.3 is 0 Å². The molecule has 0 radical (unpaired) electrons. The lowest BCUT2D eigenvalue weighted by molar-refractivity contribution is -0.129. The second-order valence-electron chi connectivity index (χ2n) is 3.71. The van der Waals surface area contributed by atoms with E-state index in [9.17, 15) is 14.4 Å². The van der Waals surface area contributed by atoms with Gasteiger partial charge in [0.2, 0.25) is 18.2 Å². The first kappa shape index (κ1) is 13.7. The summed E-state index contributed by atoms with van der Waals surface area (Å²) in [6, 6.07) is -1.61. The van der Waals surface area contributed by atoms with Crippen LogP contribution in [0.15, 0.2) is 12.4 Å². The first-order valence-corrected chi connectivity index (χ1v) is 5.32. The highest BCUT2D eigenvalue weighted by molar-refractivity contribution is 5.89. The molecule has 0 bridgehead atoms. The van der Waals surface area contributed by atoms with E-state index in [1.165, 1.54) is 13.1 Å². The largest absolute Gasteiger partial charge is 0.368 e. The molecule has 0 aliphatic carbocycles. The second kappa shape index (κ2) is 6.38. The van der Waals surface area contributed by atoms with Crippen LogP contribution in [-0.4, -0.2) is 40.3 Å². The highest BCUT2D eigenvalue weighted by Gasteiger charge is 2.22. The van der Waals surface area contributed by atoms with E-state index in [1.807, 2.05) is 0 Å². The minimum atomic E-state index is -0.875. The van der Waals surface area contributed by atoms with Gasteiger partial charge in [0.15, 0.2) is 0 Å². The average Bonchev–Trinajstić information content (AvgIpc) is 2.81. The molecule has 8 heteroatoms. The smallest absolute Gasteiger partial charge is 0.242 e. The van der Waals surface area contributed by atoms with Crippen LogP contribution in [0.25, 0.3) is 0 Å². The zero-order chi connectivity index (χ0) is 13.5. The van der Waals surface area contributed by atoms with E-state index in [0.717, 1.165) is 0 Å². The fraction of sp³-hybridized carbons (Fsp3) is 0.400. The molecular weight excluding hydrogens is 238 g/mol. The highest BCUT2D eigenvalue weighted by Crippen LogP contribution is 1.97. The van der Waals surface area contributed by atoms with Crippen molar-refractivity contribution in [2.24, 2.45) is 5.73 Å². The molecule has 1 heterocycles. The van der Waals surface area contributed by atoms with E-state index in [1.54, 1.807) is 6.20 Å². The number of hydrogen-bond donors (Lipinski definition) is 4. The van der Waals surface area contributed by atoms with Gasteiger partial charge in [-0.05, 0) is 6.92 Å². The van der Waals surface area contributed by atoms with Crippen LogP contribution < -0.4 is 16.4 Å². The lowest BCUT2D eigenvalue weighted by Gasteiger charge is -2.17. The summed E-state index contributed by atoms with van der Waals surface area (Å²) in [6.45, 7) is 1.49.